The molecule has 0 fully saturated rings. The molecule has 0 bridgehead atoms. The molecule has 1 N–H and O–H groups in total. The van der Waals surface area contributed by atoms with Crippen LogP contribution in [0.25, 0.3) is 10.9 Å². The van der Waals surface area contributed by atoms with Crippen molar-refractivity contribution < 1.29 is 4.79 Å². The highest BCUT2D eigenvalue weighted by atomic mass is 35.5. The fourth-order valence-corrected chi connectivity index (χ4v) is 4.01. The van der Waals surface area contributed by atoms with Crippen molar-refractivity contribution in [3.63, 3.8) is 0 Å². The third kappa shape index (κ3) is 4.76. The van der Waals surface area contributed by atoms with Gasteiger partial charge in [0, 0.05) is 10.7 Å². The van der Waals surface area contributed by atoms with Crippen molar-refractivity contribution in [3.05, 3.63) is 110 Å². The summed E-state index contributed by atoms with van der Waals surface area (Å²) < 4.78 is 2.50. The molecule has 6 nitrogen and oxygen atoms in total. The molecule has 1 heterocycles. The zero-order valence-electron chi connectivity index (χ0n) is 18.4. The fourth-order valence-electron chi connectivity index (χ4n) is 3.88. The summed E-state index contributed by atoms with van der Waals surface area (Å²) >= 11 is 5.96. The van der Waals surface area contributed by atoms with Crippen LogP contribution in [0.2, 0.25) is 5.02 Å². The Labute approximate surface area is 196 Å². The van der Waals surface area contributed by atoms with E-state index in [1.165, 1.54) is 4.57 Å². The molecule has 0 atom stereocenters. The van der Waals surface area contributed by atoms with Gasteiger partial charge in [0.05, 0.1) is 17.4 Å². The Morgan fingerprint density at radius 1 is 0.909 bits per heavy atom. The summed E-state index contributed by atoms with van der Waals surface area (Å²) in [7, 11) is 0. The van der Waals surface area contributed by atoms with Crippen molar-refractivity contribution in [2.75, 3.05) is 5.32 Å². The first-order valence-electron chi connectivity index (χ1n) is 10.7. The Morgan fingerprint density at radius 3 is 2.30 bits per heavy atom. The second-order valence-corrected chi connectivity index (χ2v) is 8.63. The van der Waals surface area contributed by atoms with Crippen molar-refractivity contribution in [1.29, 1.82) is 0 Å². The Balaban J connectivity index is 1.74. The summed E-state index contributed by atoms with van der Waals surface area (Å²) in [6.45, 7) is 3.97. The first kappa shape index (κ1) is 22.6. The lowest BCUT2D eigenvalue weighted by Gasteiger charge is -2.16. The molecule has 0 saturated carbocycles. The van der Waals surface area contributed by atoms with Crippen LogP contribution in [0.5, 0.6) is 0 Å². The van der Waals surface area contributed by atoms with Crippen LogP contribution in [-0.2, 0) is 17.9 Å². The molecule has 33 heavy (non-hydrogen) atoms. The third-order valence-corrected chi connectivity index (χ3v) is 5.80. The fraction of sp³-hybridized carbons (Fsp3) is 0.192. The Kier molecular flexibility index (Phi) is 6.47. The maximum Gasteiger partial charge on any atom is 0.332 e. The molecule has 0 aliphatic rings. The molecule has 4 rings (SSSR count). The van der Waals surface area contributed by atoms with Crippen LogP contribution < -0.4 is 16.6 Å². The standard InChI is InChI=1S/C26H24ClN3O3/c1-17(2)20-7-3-5-9-22(20)28-24(31)16-29-23-10-6-4-8-21(23)25(32)30(26(29)33)15-18-11-13-19(27)14-12-18/h3-14,17H,15-16H2,1-2H3,(H,28,31). The first-order chi connectivity index (χ1) is 15.8. The molecule has 3 aromatic carbocycles. The number of nitrogens with zero attached hydrogens (tertiary/aromatic N) is 2. The van der Waals surface area contributed by atoms with E-state index in [1.54, 1.807) is 48.5 Å². The number of hydrogen-bond acceptors (Lipinski definition) is 3. The van der Waals surface area contributed by atoms with Gasteiger partial charge in [0.15, 0.2) is 0 Å². The number of benzene rings is 3. The quantitative estimate of drug-likeness (QED) is 0.455. The second kappa shape index (κ2) is 9.46. The van der Waals surface area contributed by atoms with Crippen LogP contribution in [0, 0.1) is 0 Å². The molecule has 7 heteroatoms. The predicted molar refractivity (Wildman–Crippen MR) is 132 cm³/mol. The summed E-state index contributed by atoms with van der Waals surface area (Å²) in [5.74, 6) is -0.113. The topological polar surface area (TPSA) is 73.1 Å². The number of carbonyl (C=O) groups is 1. The molecule has 0 aliphatic heterocycles. The molecular formula is C26H24ClN3O3. The van der Waals surface area contributed by atoms with Gasteiger partial charge in [0.1, 0.15) is 6.54 Å². The van der Waals surface area contributed by atoms with Crippen LogP contribution in [-0.4, -0.2) is 15.0 Å². The van der Waals surface area contributed by atoms with Gasteiger partial charge in [-0.15, -0.1) is 0 Å². The minimum atomic E-state index is -0.541. The van der Waals surface area contributed by atoms with Crippen LogP contribution in [0.15, 0.2) is 82.4 Å². The number of nitrogens with one attached hydrogen (secondary N) is 1. The van der Waals surface area contributed by atoms with Gasteiger partial charge in [-0.25, -0.2) is 4.79 Å². The number of aromatic nitrogens is 2. The lowest BCUT2D eigenvalue weighted by Crippen LogP contribution is -2.42. The largest absolute Gasteiger partial charge is 0.332 e. The lowest BCUT2D eigenvalue weighted by molar-refractivity contribution is -0.116. The van der Waals surface area contributed by atoms with E-state index in [4.69, 9.17) is 11.6 Å². The van der Waals surface area contributed by atoms with Gasteiger partial charge < -0.3 is 5.32 Å². The monoisotopic (exact) mass is 461 g/mol. The number of rotatable bonds is 6. The number of halogens is 1. The van der Waals surface area contributed by atoms with Gasteiger partial charge in [-0.05, 0) is 47.4 Å². The minimum absolute atomic E-state index is 0.0808. The van der Waals surface area contributed by atoms with Crippen molar-refractivity contribution in [2.24, 2.45) is 0 Å². The lowest BCUT2D eigenvalue weighted by atomic mass is 10.0. The summed E-state index contributed by atoms with van der Waals surface area (Å²) in [4.78, 5) is 39.4. The third-order valence-electron chi connectivity index (χ3n) is 5.54. The van der Waals surface area contributed by atoms with E-state index >= 15 is 0 Å². The Bertz CT molecular complexity index is 1440. The van der Waals surface area contributed by atoms with Crippen molar-refractivity contribution in [2.45, 2.75) is 32.9 Å². The van der Waals surface area contributed by atoms with Crippen molar-refractivity contribution in [1.82, 2.24) is 9.13 Å². The van der Waals surface area contributed by atoms with Crippen LogP contribution in [0.3, 0.4) is 0 Å². The average Bonchev–Trinajstić information content (AvgIpc) is 2.81. The van der Waals surface area contributed by atoms with Gasteiger partial charge in [-0.3, -0.25) is 18.7 Å². The maximum atomic E-state index is 13.4. The van der Waals surface area contributed by atoms with E-state index in [2.05, 4.69) is 19.2 Å². The van der Waals surface area contributed by atoms with Gasteiger partial charge in [0.25, 0.3) is 5.56 Å². The Morgan fingerprint density at radius 2 is 1.58 bits per heavy atom. The van der Waals surface area contributed by atoms with Gasteiger partial charge in [-0.2, -0.15) is 0 Å². The number of para-hydroxylation sites is 2. The summed E-state index contributed by atoms with van der Waals surface area (Å²) in [6.07, 6.45) is 0. The number of amides is 1. The maximum absolute atomic E-state index is 13.4. The highest BCUT2D eigenvalue weighted by molar-refractivity contribution is 6.30. The first-order valence-corrected chi connectivity index (χ1v) is 11.1. The van der Waals surface area contributed by atoms with E-state index in [0.717, 1.165) is 15.7 Å². The van der Waals surface area contributed by atoms with Crippen LogP contribution >= 0.6 is 11.6 Å². The summed E-state index contributed by atoms with van der Waals surface area (Å²) in [5, 5.41) is 3.87. The number of fused-ring (bicyclic) bond motifs is 1. The van der Waals surface area contributed by atoms with E-state index < -0.39 is 11.2 Å². The molecule has 0 unspecified atom stereocenters. The minimum Gasteiger partial charge on any atom is -0.324 e. The Hall–Kier alpha value is -3.64. The molecule has 168 valence electrons. The van der Waals surface area contributed by atoms with Crippen molar-refractivity contribution in [3.8, 4) is 0 Å². The van der Waals surface area contributed by atoms with E-state index in [9.17, 15) is 14.4 Å². The zero-order chi connectivity index (χ0) is 23.5. The molecule has 1 amide bonds. The average molecular weight is 462 g/mol. The molecule has 0 aliphatic carbocycles. The second-order valence-electron chi connectivity index (χ2n) is 8.19. The molecule has 0 radical (unpaired) electrons. The van der Waals surface area contributed by atoms with E-state index in [1.807, 2.05) is 24.3 Å². The predicted octanol–water partition coefficient (Wildman–Crippen LogP) is 4.63. The van der Waals surface area contributed by atoms with Crippen LogP contribution in [0.1, 0.15) is 30.9 Å². The summed E-state index contributed by atoms with van der Waals surface area (Å²) in [6, 6.07) is 21.4. The normalized spacial score (nSPS) is 11.2. The zero-order valence-corrected chi connectivity index (χ0v) is 19.2. The van der Waals surface area contributed by atoms with Gasteiger partial charge >= 0.3 is 5.69 Å². The molecular weight excluding hydrogens is 438 g/mol. The molecule has 1 aromatic heterocycles. The smallest absolute Gasteiger partial charge is 0.324 e. The number of anilines is 1. The number of hydrogen-bond donors (Lipinski definition) is 1. The van der Waals surface area contributed by atoms with Crippen LogP contribution in [0.4, 0.5) is 5.69 Å². The van der Waals surface area contributed by atoms with Crippen molar-refractivity contribution >= 4 is 34.1 Å². The molecule has 4 aromatic rings. The SMILES string of the molecule is CC(C)c1ccccc1NC(=O)Cn1c(=O)n(Cc2ccc(Cl)cc2)c(=O)c2ccccc21. The highest BCUT2D eigenvalue weighted by Gasteiger charge is 2.16. The molecule has 0 spiro atoms. The number of carbonyl (C=O) groups excluding carboxylic acids is 1. The summed E-state index contributed by atoms with van der Waals surface area (Å²) in [5.41, 5.74) is 1.97. The molecule has 0 saturated heterocycles. The van der Waals surface area contributed by atoms with E-state index in [0.29, 0.717) is 21.6 Å². The van der Waals surface area contributed by atoms with E-state index in [-0.39, 0.29) is 24.9 Å². The highest BCUT2D eigenvalue weighted by Crippen LogP contribution is 2.23. The van der Waals surface area contributed by atoms with Gasteiger partial charge in [0.2, 0.25) is 5.91 Å². The van der Waals surface area contributed by atoms with Gasteiger partial charge in [-0.1, -0.05) is 67.9 Å².